The van der Waals surface area contributed by atoms with Gasteiger partial charge in [0.05, 0.1) is 0 Å². The Balaban J connectivity index is 1.32. The molecule has 7 atom stereocenters. The third-order valence-corrected chi connectivity index (χ3v) is 9.00. The van der Waals surface area contributed by atoms with Crippen molar-refractivity contribution in [3.05, 3.63) is 70.3 Å². The van der Waals surface area contributed by atoms with Crippen LogP contribution in [0, 0.1) is 12.8 Å². The second kappa shape index (κ2) is 8.86. The Kier molecular flexibility index (Phi) is 6.30. The first-order valence-corrected chi connectivity index (χ1v) is 13.2. The Labute approximate surface area is 203 Å². The maximum atomic E-state index is 13.7. The molecule has 5 rings (SSSR count). The number of halogens is 2. The highest BCUT2D eigenvalue weighted by molar-refractivity contribution is 7.99. The Hall–Kier alpha value is -1.51. The monoisotopic (exact) mass is 490 g/mol. The molecule has 4 nitrogen and oxygen atoms in total. The van der Waals surface area contributed by atoms with Crippen molar-refractivity contribution in [2.75, 3.05) is 6.26 Å². The third-order valence-electron chi connectivity index (χ3n) is 8.14. The molecule has 184 valence electrons. The van der Waals surface area contributed by atoms with Gasteiger partial charge in [0.25, 0.3) is 0 Å². The highest BCUT2D eigenvalue weighted by atomic mass is 32.2. The number of hydrogen-bond donors (Lipinski definition) is 3. The van der Waals surface area contributed by atoms with E-state index in [2.05, 4.69) is 24.3 Å². The Morgan fingerprint density at radius 2 is 1.71 bits per heavy atom. The van der Waals surface area contributed by atoms with Gasteiger partial charge in [0.2, 0.25) is 5.92 Å². The Morgan fingerprint density at radius 3 is 2.38 bits per heavy atom. The summed E-state index contributed by atoms with van der Waals surface area (Å²) in [6.07, 6.45) is -0.471. The van der Waals surface area contributed by atoms with Gasteiger partial charge in [-0.3, -0.25) is 0 Å². The quantitative estimate of drug-likeness (QED) is 0.576. The molecular formula is C27H32F2O4S. The third kappa shape index (κ3) is 4.30. The fourth-order valence-electron chi connectivity index (χ4n) is 5.87. The first kappa shape index (κ1) is 24.2. The van der Waals surface area contributed by atoms with Gasteiger partial charge in [-0.1, -0.05) is 42.5 Å². The molecule has 3 N–H and O–H groups in total. The van der Waals surface area contributed by atoms with Crippen molar-refractivity contribution in [2.24, 2.45) is 5.92 Å². The molecule has 34 heavy (non-hydrogen) atoms. The van der Waals surface area contributed by atoms with Crippen LogP contribution >= 0.6 is 11.8 Å². The second-order valence-electron chi connectivity index (χ2n) is 10.3. The smallest absolute Gasteiger partial charge is 0.248 e. The maximum Gasteiger partial charge on any atom is 0.248 e. The molecule has 1 heterocycles. The van der Waals surface area contributed by atoms with Crippen LogP contribution in [0.1, 0.15) is 59.6 Å². The number of aliphatic hydroxyl groups excluding tert-OH is 3. The van der Waals surface area contributed by atoms with E-state index in [9.17, 15) is 24.1 Å². The molecule has 0 spiro atoms. The number of thioether (sulfide) groups is 1. The van der Waals surface area contributed by atoms with Crippen molar-refractivity contribution in [1.29, 1.82) is 0 Å². The van der Waals surface area contributed by atoms with Crippen molar-refractivity contribution in [3.8, 4) is 0 Å². The minimum Gasteiger partial charge on any atom is -0.387 e. The van der Waals surface area contributed by atoms with Gasteiger partial charge in [-0.25, -0.2) is 8.78 Å². The lowest BCUT2D eigenvalue weighted by Gasteiger charge is -2.40. The van der Waals surface area contributed by atoms with Crippen molar-refractivity contribution in [3.63, 3.8) is 0 Å². The standard InChI is InChI=1S/C27H32F2O4S/c1-15-3-6-17(24-22(31)21(30)23(32)25(33-24)34-2)12-18(15)11-16-4-7-19(8-5-16)26-9-10-27(28,29)14-20(26)13-26/h3-8,12,20-25,30-32H,9-11,13-14H2,1-2H3/t20-,21+,22+,23-,24?,25+,26-/m0/s1. The minimum atomic E-state index is -2.51. The number of ether oxygens (including phenoxy) is 1. The molecule has 2 aliphatic carbocycles. The van der Waals surface area contributed by atoms with Crippen LogP contribution < -0.4 is 0 Å². The summed E-state index contributed by atoms with van der Waals surface area (Å²) in [7, 11) is 0. The van der Waals surface area contributed by atoms with Gasteiger partial charge in [0, 0.05) is 12.8 Å². The number of fused-ring (bicyclic) bond motifs is 1. The van der Waals surface area contributed by atoms with Gasteiger partial charge in [-0.15, -0.1) is 11.8 Å². The molecule has 2 saturated carbocycles. The maximum absolute atomic E-state index is 13.7. The highest BCUT2D eigenvalue weighted by Crippen LogP contribution is 2.65. The number of benzene rings is 2. The van der Waals surface area contributed by atoms with Crippen LogP contribution in [-0.4, -0.2) is 51.2 Å². The molecule has 0 bridgehead atoms. The average molecular weight is 491 g/mol. The van der Waals surface area contributed by atoms with E-state index >= 15 is 0 Å². The zero-order chi connectivity index (χ0) is 24.3. The fraction of sp³-hybridized carbons (Fsp3) is 0.556. The first-order valence-electron chi connectivity index (χ1n) is 11.9. The lowest BCUT2D eigenvalue weighted by Crippen LogP contribution is -2.52. The average Bonchev–Trinajstić information content (AvgIpc) is 3.53. The van der Waals surface area contributed by atoms with Crippen LogP contribution in [0.3, 0.4) is 0 Å². The molecule has 0 amide bonds. The van der Waals surface area contributed by atoms with Crippen LogP contribution in [0.4, 0.5) is 8.78 Å². The predicted octanol–water partition coefficient (Wildman–Crippen LogP) is 4.51. The van der Waals surface area contributed by atoms with Crippen molar-refractivity contribution < 1.29 is 28.8 Å². The summed E-state index contributed by atoms with van der Waals surface area (Å²) in [6, 6.07) is 14.3. The van der Waals surface area contributed by atoms with Gasteiger partial charge in [0.15, 0.2) is 0 Å². The lowest BCUT2D eigenvalue weighted by molar-refractivity contribution is -0.200. The SMILES string of the molecule is CS[C@H]1OC(c2ccc(C)c(Cc3ccc([C@@]45CCC(F)(F)C[C@@H]4C5)cc3)c2)[C@H](O)[C@@H](O)[C@@H]1O. The van der Waals surface area contributed by atoms with Gasteiger partial charge in [-0.2, -0.15) is 0 Å². The Bertz CT molecular complexity index is 1040. The summed E-state index contributed by atoms with van der Waals surface area (Å²) in [5.74, 6) is -2.41. The van der Waals surface area contributed by atoms with E-state index in [1.165, 1.54) is 17.3 Å². The van der Waals surface area contributed by atoms with Crippen molar-refractivity contribution in [1.82, 2.24) is 0 Å². The molecule has 7 heteroatoms. The molecule has 1 aliphatic heterocycles. The summed E-state index contributed by atoms with van der Waals surface area (Å²) in [5.41, 5.74) is 4.59. The van der Waals surface area contributed by atoms with Crippen molar-refractivity contribution >= 4 is 11.8 Å². The van der Waals surface area contributed by atoms with Gasteiger partial charge in [0.1, 0.15) is 29.9 Å². The van der Waals surface area contributed by atoms with E-state index < -0.39 is 35.8 Å². The lowest BCUT2D eigenvalue weighted by atomic mass is 9.81. The number of alkyl halides is 2. The van der Waals surface area contributed by atoms with E-state index in [-0.39, 0.29) is 24.2 Å². The van der Waals surface area contributed by atoms with Gasteiger partial charge >= 0.3 is 0 Å². The van der Waals surface area contributed by atoms with Crippen LogP contribution in [0.5, 0.6) is 0 Å². The predicted molar refractivity (Wildman–Crippen MR) is 128 cm³/mol. The number of aliphatic hydroxyl groups is 3. The van der Waals surface area contributed by atoms with Gasteiger partial charge in [-0.05, 0) is 71.6 Å². The summed E-state index contributed by atoms with van der Waals surface area (Å²) in [4.78, 5) is 0. The number of hydrogen-bond acceptors (Lipinski definition) is 5. The van der Waals surface area contributed by atoms with E-state index in [0.29, 0.717) is 12.8 Å². The van der Waals surface area contributed by atoms with Crippen LogP contribution in [0.25, 0.3) is 0 Å². The van der Waals surface area contributed by atoms with E-state index in [1.807, 2.05) is 25.1 Å². The molecular weight excluding hydrogens is 458 g/mol. The summed E-state index contributed by atoms with van der Waals surface area (Å²) < 4.78 is 33.4. The molecule has 1 saturated heterocycles. The summed E-state index contributed by atoms with van der Waals surface area (Å²) in [5, 5.41) is 31.0. The zero-order valence-electron chi connectivity index (χ0n) is 19.5. The minimum absolute atomic E-state index is 0.0128. The molecule has 0 radical (unpaired) electrons. The molecule has 1 unspecified atom stereocenters. The fourth-order valence-corrected chi connectivity index (χ4v) is 6.54. The van der Waals surface area contributed by atoms with E-state index in [1.54, 1.807) is 6.26 Å². The summed E-state index contributed by atoms with van der Waals surface area (Å²) in [6.45, 7) is 2.03. The molecule has 0 aromatic heterocycles. The second-order valence-corrected chi connectivity index (χ2v) is 11.2. The molecule has 3 fully saturated rings. The van der Waals surface area contributed by atoms with E-state index in [4.69, 9.17) is 4.74 Å². The van der Waals surface area contributed by atoms with Crippen LogP contribution in [-0.2, 0) is 16.6 Å². The zero-order valence-corrected chi connectivity index (χ0v) is 20.3. The highest BCUT2D eigenvalue weighted by Gasteiger charge is 2.61. The topological polar surface area (TPSA) is 69.9 Å². The first-order chi connectivity index (χ1) is 16.1. The normalized spacial score (nSPS) is 36.7. The largest absolute Gasteiger partial charge is 0.387 e. The number of rotatable bonds is 5. The molecule has 3 aliphatic rings. The van der Waals surface area contributed by atoms with Gasteiger partial charge < -0.3 is 20.1 Å². The summed E-state index contributed by atoms with van der Waals surface area (Å²) >= 11 is 1.30. The van der Waals surface area contributed by atoms with Crippen LogP contribution in [0.15, 0.2) is 42.5 Å². The number of aryl methyl sites for hydroxylation is 1. The Morgan fingerprint density at radius 1 is 0.971 bits per heavy atom. The van der Waals surface area contributed by atoms with E-state index in [0.717, 1.165) is 28.7 Å². The molecule has 2 aromatic rings. The van der Waals surface area contributed by atoms with Crippen molar-refractivity contribution in [2.45, 2.75) is 80.2 Å². The van der Waals surface area contributed by atoms with Crippen LogP contribution in [0.2, 0.25) is 0 Å². The molecule has 2 aromatic carbocycles.